The quantitative estimate of drug-likeness (QED) is 0.621. The fraction of sp³-hybridized carbons (Fsp3) is 0.500. The van der Waals surface area contributed by atoms with E-state index in [1.54, 1.807) is 0 Å². The number of amides is 1. The molecule has 1 aliphatic rings. The largest absolute Gasteiger partial charge is 0.467 e. The molecule has 1 atom stereocenters. The Morgan fingerprint density at radius 3 is 2.52 bits per heavy atom. The highest BCUT2D eigenvalue weighted by molar-refractivity contribution is 5.98. The molecule has 0 bridgehead atoms. The molecule has 1 fully saturated rings. The lowest BCUT2D eigenvalue weighted by Gasteiger charge is -2.27. The number of hydrogen-bond donors (Lipinski definition) is 1. The van der Waals surface area contributed by atoms with Crippen molar-refractivity contribution in [2.24, 2.45) is 0 Å². The van der Waals surface area contributed by atoms with Crippen LogP contribution in [0.3, 0.4) is 0 Å². The molecule has 0 saturated carbocycles. The summed E-state index contributed by atoms with van der Waals surface area (Å²) in [6, 6.07) is 10.8. The summed E-state index contributed by atoms with van der Waals surface area (Å²) in [5, 5.41) is 2.89. The lowest BCUT2D eigenvalue weighted by molar-refractivity contribution is -0.142. The van der Waals surface area contributed by atoms with Crippen LogP contribution < -0.4 is 5.32 Å². The van der Waals surface area contributed by atoms with Crippen LogP contribution in [-0.2, 0) is 33.7 Å². The van der Waals surface area contributed by atoms with E-state index in [1.807, 2.05) is 43.3 Å². The van der Waals surface area contributed by atoms with Gasteiger partial charge in [-0.05, 0) is 25.0 Å². The van der Waals surface area contributed by atoms with E-state index in [4.69, 9.17) is 9.47 Å². The number of rotatable bonds is 9. The number of benzene rings is 1. The number of ether oxygens (including phenoxy) is 2. The Balaban J connectivity index is 1.73. The number of aryl methyl sites for hydroxylation is 1. The lowest BCUT2D eigenvalue weighted by atomic mass is 10.1. The molecular weight excluding hydrogens is 394 g/mol. The van der Waals surface area contributed by atoms with Gasteiger partial charge in [0.2, 0.25) is 0 Å². The molecule has 0 radical (unpaired) electrons. The van der Waals surface area contributed by atoms with Crippen LogP contribution in [0.5, 0.6) is 0 Å². The molecule has 7 nitrogen and oxygen atoms in total. The van der Waals surface area contributed by atoms with Gasteiger partial charge in [-0.3, -0.25) is 9.69 Å². The number of aromatic nitrogens is 1. The molecule has 168 valence electrons. The molecule has 1 aliphatic heterocycles. The van der Waals surface area contributed by atoms with Gasteiger partial charge in [0, 0.05) is 44.0 Å². The zero-order chi connectivity index (χ0) is 22.2. The summed E-state index contributed by atoms with van der Waals surface area (Å²) in [4.78, 5) is 27.8. The second-order valence-corrected chi connectivity index (χ2v) is 7.83. The van der Waals surface area contributed by atoms with Gasteiger partial charge in [0.25, 0.3) is 5.91 Å². The first-order valence-electron chi connectivity index (χ1n) is 10.9. The zero-order valence-electron chi connectivity index (χ0n) is 18.7. The molecule has 0 unspecified atom stereocenters. The maximum atomic E-state index is 13.1. The molecular formula is C24H33N3O4. The molecule has 1 aromatic heterocycles. The molecule has 2 aromatic rings. The van der Waals surface area contributed by atoms with E-state index in [2.05, 4.69) is 21.7 Å². The molecule has 1 N–H and O–H groups in total. The fourth-order valence-electron chi connectivity index (χ4n) is 4.03. The Labute approximate surface area is 184 Å². The molecule has 1 saturated heterocycles. The summed E-state index contributed by atoms with van der Waals surface area (Å²) in [6.07, 6.45) is 1.22. The van der Waals surface area contributed by atoms with Crippen molar-refractivity contribution in [3.05, 3.63) is 58.9 Å². The molecule has 31 heavy (non-hydrogen) atoms. The fourth-order valence-corrected chi connectivity index (χ4v) is 4.03. The topological polar surface area (TPSA) is 72.8 Å². The van der Waals surface area contributed by atoms with Crippen molar-refractivity contribution in [3.63, 3.8) is 0 Å². The average Bonchev–Trinajstić information content (AvgIpc) is 3.13. The molecule has 0 spiro atoms. The number of carbonyl (C=O) groups is 2. The summed E-state index contributed by atoms with van der Waals surface area (Å²) in [5.74, 6) is -0.694. The van der Waals surface area contributed by atoms with Crippen LogP contribution in [0.2, 0.25) is 0 Å². The first-order chi connectivity index (χ1) is 15.0. The van der Waals surface area contributed by atoms with Crippen molar-refractivity contribution in [1.82, 2.24) is 14.8 Å². The van der Waals surface area contributed by atoms with Crippen LogP contribution in [0.15, 0.2) is 36.4 Å². The number of methoxy groups -OCH3 is 1. The zero-order valence-corrected chi connectivity index (χ0v) is 18.7. The van der Waals surface area contributed by atoms with Crippen LogP contribution in [-0.4, -0.2) is 67.3 Å². The van der Waals surface area contributed by atoms with Crippen LogP contribution >= 0.6 is 0 Å². The first-order valence-corrected chi connectivity index (χ1v) is 10.9. The van der Waals surface area contributed by atoms with Gasteiger partial charge < -0.3 is 19.4 Å². The second-order valence-electron chi connectivity index (χ2n) is 7.83. The number of nitrogens with one attached hydrogen (secondary N) is 1. The van der Waals surface area contributed by atoms with E-state index < -0.39 is 12.0 Å². The van der Waals surface area contributed by atoms with E-state index >= 15 is 0 Å². The van der Waals surface area contributed by atoms with E-state index in [1.165, 1.54) is 7.11 Å². The summed E-state index contributed by atoms with van der Waals surface area (Å²) in [7, 11) is 1.34. The third-order valence-electron chi connectivity index (χ3n) is 5.88. The van der Waals surface area contributed by atoms with E-state index in [0.29, 0.717) is 12.0 Å². The van der Waals surface area contributed by atoms with Gasteiger partial charge >= 0.3 is 5.97 Å². The van der Waals surface area contributed by atoms with Crippen LogP contribution in [0.1, 0.15) is 34.2 Å². The Morgan fingerprint density at radius 1 is 1.16 bits per heavy atom. The van der Waals surface area contributed by atoms with Crippen LogP contribution in [0.4, 0.5) is 0 Å². The standard InChI is InChI=1S/C24H33N3O4/c1-4-20-17-21(18(2)27(20)11-10-26-12-14-31-15-13-26)23(28)25-22(24(29)30-3)16-19-8-6-5-7-9-19/h5-9,17,22H,4,10-16H2,1-3H3,(H,25,28)/t22-/m0/s1. The van der Waals surface area contributed by atoms with Crippen molar-refractivity contribution in [2.45, 2.75) is 39.3 Å². The van der Waals surface area contributed by atoms with E-state index in [-0.39, 0.29) is 5.91 Å². The van der Waals surface area contributed by atoms with Gasteiger partial charge in [0.1, 0.15) is 6.04 Å². The maximum Gasteiger partial charge on any atom is 0.328 e. The predicted molar refractivity (Wildman–Crippen MR) is 119 cm³/mol. The molecule has 0 aliphatic carbocycles. The van der Waals surface area contributed by atoms with Gasteiger partial charge in [-0.1, -0.05) is 37.3 Å². The molecule has 1 aromatic carbocycles. The minimum Gasteiger partial charge on any atom is -0.467 e. The van der Waals surface area contributed by atoms with Crippen molar-refractivity contribution in [3.8, 4) is 0 Å². The highest BCUT2D eigenvalue weighted by Crippen LogP contribution is 2.18. The molecule has 7 heteroatoms. The van der Waals surface area contributed by atoms with Gasteiger partial charge in [-0.25, -0.2) is 4.79 Å². The minimum atomic E-state index is -0.735. The Morgan fingerprint density at radius 2 is 1.87 bits per heavy atom. The lowest BCUT2D eigenvalue weighted by Crippen LogP contribution is -2.43. The number of esters is 1. The predicted octanol–water partition coefficient (Wildman–Crippen LogP) is 2.21. The highest BCUT2D eigenvalue weighted by Gasteiger charge is 2.25. The van der Waals surface area contributed by atoms with Crippen molar-refractivity contribution in [1.29, 1.82) is 0 Å². The number of morpholine rings is 1. The molecule has 1 amide bonds. The van der Waals surface area contributed by atoms with E-state index in [9.17, 15) is 9.59 Å². The van der Waals surface area contributed by atoms with Gasteiger partial charge in [0.15, 0.2) is 0 Å². The van der Waals surface area contributed by atoms with Crippen molar-refractivity contribution < 1.29 is 19.1 Å². The van der Waals surface area contributed by atoms with Crippen molar-refractivity contribution in [2.75, 3.05) is 40.0 Å². The number of hydrogen-bond acceptors (Lipinski definition) is 5. The van der Waals surface area contributed by atoms with Crippen molar-refractivity contribution >= 4 is 11.9 Å². The second kappa shape index (κ2) is 11.1. The Hall–Kier alpha value is -2.64. The van der Waals surface area contributed by atoms with E-state index in [0.717, 1.165) is 62.8 Å². The van der Waals surface area contributed by atoms with Gasteiger partial charge in [-0.15, -0.1) is 0 Å². The van der Waals surface area contributed by atoms with Crippen LogP contribution in [0, 0.1) is 6.92 Å². The highest BCUT2D eigenvalue weighted by atomic mass is 16.5. The third-order valence-corrected chi connectivity index (χ3v) is 5.88. The summed E-state index contributed by atoms with van der Waals surface area (Å²) < 4.78 is 12.6. The number of carbonyl (C=O) groups excluding carboxylic acids is 2. The normalized spacial score (nSPS) is 15.5. The molecule has 2 heterocycles. The average molecular weight is 428 g/mol. The summed E-state index contributed by atoms with van der Waals surface area (Å²) >= 11 is 0. The SMILES string of the molecule is CCc1cc(C(=O)N[C@@H](Cc2ccccc2)C(=O)OC)c(C)n1CCN1CCOCC1. The first kappa shape index (κ1) is 23.0. The van der Waals surface area contributed by atoms with Gasteiger partial charge in [0.05, 0.1) is 25.9 Å². The Bertz CT molecular complexity index is 872. The summed E-state index contributed by atoms with van der Waals surface area (Å²) in [6.45, 7) is 9.24. The van der Waals surface area contributed by atoms with Gasteiger partial charge in [-0.2, -0.15) is 0 Å². The smallest absolute Gasteiger partial charge is 0.328 e. The maximum absolute atomic E-state index is 13.1. The summed E-state index contributed by atoms with van der Waals surface area (Å²) in [5.41, 5.74) is 3.62. The third kappa shape index (κ3) is 5.95. The van der Waals surface area contributed by atoms with Crippen LogP contribution in [0.25, 0.3) is 0 Å². The Kier molecular flexibility index (Phi) is 8.26. The molecule has 3 rings (SSSR count). The monoisotopic (exact) mass is 427 g/mol. The number of nitrogens with zero attached hydrogens (tertiary/aromatic N) is 2. The minimum absolute atomic E-state index is 0.247.